The van der Waals surface area contributed by atoms with Gasteiger partial charge in [-0.25, -0.2) is 14.8 Å². The summed E-state index contributed by atoms with van der Waals surface area (Å²) in [5, 5.41) is 18.8. The van der Waals surface area contributed by atoms with E-state index >= 15 is 0 Å². The summed E-state index contributed by atoms with van der Waals surface area (Å²) in [7, 11) is 1.78. The van der Waals surface area contributed by atoms with Crippen molar-refractivity contribution in [2.75, 3.05) is 5.32 Å². The number of nitrogens with zero attached hydrogens (tertiary/aromatic N) is 5. The molecular formula is C23H25N7O4S. The van der Waals surface area contributed by atoms with Crippen LogP contribution < -0.4 is 10.6 Å². The number of nitrogens with one attached hydrogen (secondary N) is 2. The number of carbonyl (C=O) groups is 3. The lowest BCUT2D eigenvalue weighted by Gasteiger charge is -2.15. The third-order valence-electron chi connectivity index (χ3n) is 4.66. The number of amides is 2. The van der Waals surface area contributed by atoms with Crippen LogP contribution in [0.3, 0.4) is 0 Å². The van der Waals surface area contributed by atoms with Crippen molar-refractivity contribution in [2.45, 2.75) is 45.8 Å². The van der Waals surface area contributed by atoms with Gasteiger partial charge in [0.1, 0.15) is 10.6 Å². The van der Waals surface area contributed by atoms with Crippen LogP contribution in [0.15, 0.2) is 30.6 Å². The fourth-order valence-electron chi connectivity index (χ4n) is 3.12. The summed E-state index contributed by atoms with van der Waals surface area (Å²) in [4.78, 5) is 46.4. The monoisotopic (exact) mass is 495 g/mol. The highest BCUT2D eigenvalue weighted by molar-refractivity contribution is 7.17. The van der Waals surface area contributed by atoms with Crippen LogP contribution in [-0.4, -0.2) is 49.7 Å². The number of hydrogen-bond donors (Lipinski definition) is 2. The molecule has 182 valence electrons. The van der Waals surface area contributed by atoms with E-state index in [0.29, 0.717) is 16.3 Å². The first-order valence-electron chi connectivity index (χ1n) is 10.8. The summed E-state index contributed by atoms with van der Waals surface area (Å²) in [6.07, 6.45) is 2.90. The second-order valence-corrected chi connectivity index (χ2v) is 8.98. The molecule has 1 atom stereocenters. The quantitative estimate of drug-likeness (QED) is 0.430. The Balaban J connectivity index is 1.64. The molecule has 0 spiro atoms. The SMILES string of the molecule is Cc1nc(NC(=O)C[C@H](CC#N)NC(=O)c2cccc(-c3cnn(C)c3)n2)sc1C(=O)OC(C)C. The normalized spacial score (nSPS) is 11.5. The van der Waals surface area contributed by atoms with Crippen molar-refractivity contribution < 1.29 is 19.1 Å². The Morgan fingerprint density at radius 1 is 1.26 bits per heavy atom. The molecule has 3 rings (SSSR count). The Morgan fingerprint density at radius 2 is 2.03 bits per heavy atom. The second-order valence-electron chi connectivity index (χ2n) is 7.98. The molecule has 0 saturated heterocycles. The van der Waals surface area contributed by atoms with Gasteiger partial charge in [0.05, 0.1) is 42.2 Å². The van der Waals surface area contributed by atoms with Gasteiger partial charge in [-0.15, -0.1) is 0 Å². The number of carbonyl (C=O) groups excluding carboxylic acids is 3. The van der Waals surface area contributed by atoms with Crippen molar-refractivity contribution in [2.24, 2.45) is 7.05 Å². The Bertz CT molecular complexity index is 1270. The van der Waals surface area contributed by atoms with Gasteiger partial charge in [0, 0.05) is 25.2 Å². The number of ether oxygens (including phenoxy) is 1. The number of hydrogen-bond acceptors (Lipinski definition) is 9. The third-order valence-corrected chi connectivity index (χ3v) is 5.71. The van der Waals surface area contributed by atoms with Gasteiger partial charge in [0.15, 0.2) is 5.13 Å². The van der Waals surface area contributed by atoms with Gasteiger partial charge in [-0.2, -0.15) is 10.4 Å². The van der Waals surface area contributed by atoms with Crippen molar-refractivity contribution in [3.8, 4) is 17.3 Å². The predicted octanol–water partition coefficient (Wildman–Crippen LogP) is 2.85. The predicted molar refractivity (Wildman–Crippen MR) is 129 cm³/mol. The van der Waals surface area contributed by atoms with Crippen LogP contribution in [0.2, 0.25) is 0 Å². The molecule has 2 amide bonds. The fourth-order valence-corrected chi connectivity index (χ4v) is 3.99. The summed E-state index contributed by atoms with van der Waals surface area (Å²) >= 11 is 1.00. The lowest BCUT2D eigenvalue weighted by atomic mass is 10.1. The molecule has 3 aromatic rings. The summed E-state index contributed by atoms with van der Waals surface area (Å²) in [5.74, 6) is -1.47. The van der Waals surface area contributed by atoms with Crippen LogP contribution in [0.25, 0.3) is 11.3 Å². The van der Waals surface area contributed by atoms with E-state index in [0.717, 1.165) is 16.9 Å². The number of pyridine rings is 1. The minimum absolute atomic E-state index is 0.0791. The average Bonchev–Trinajstić information content (AvgIpc) is 3.38. The van der Waals surface area contributed by atoms with Crippen LogP contribution in [0.5, 0.6) is 0 Å². The highest BCUT2D eigenvalue weighted by atomic mass is 32.1. The second kappa shape index (κ2) is 11.3. The van der Waals surface area contributed by atoms with Crippen molar-refractivity contribution in [3.63, 3.8) is 0 Å². The maximum absolute atomic E-state index is 12.8. The molecule has 3 aromatic heterocycles. The zero-order valence-electron chi connectivity index (χ0n) is 19.7. The molecule has 2 N–H and O–H groups in total. The van der Waals surface area contributed by atoms with E-state index in [9.17, 15) is 19.6 Å². The van der Waals surface area contributed by atoms with E-state index in [1.165, 1.54) is 0 Å². The number of rotatable bonds is 9. The molecule has 3 heterocycles. The van der Waals surface area contributed by atoms with E-state index in [1.54, 1.807) is 63.1 Å². The fraction of sp³-hybridized carbons (Fsp3) is 0.348. The maximum Gasteiger partial charge on any atom is 0.350 e. The first-order chi connectivity index (χ1) is 16.7. The topological polar surface area (TPSA) is 152 Å². The lowest BCUT2D eigenvalue weighted by molar-refractivity contribution is -0.116. The smallest absolute Gasteiger partial charge is 0.350 e. The van der Waals surface area contributed by atoms with Crippen LogP contribution >= 0.6 is 11.3 Å². The first kappa shape index (κ1) is 25.5. The number of aromatic nitrogens is 4. The molecule has 0 fully saturated rings. The minimum atomic E-state index is -0.747. The van der Waals surface area contributed by atoms with Gasteiger partial charge in [-0.1, -0.05) is 17.4 Å². The molecule has 0 bridgehead atoms. The van der Waals surface area contributed by atoms with Crippen molar-refractivity contribution in [1.82, 2.24) is 25.1 Å². The van der Waals surface area contributed by atoms with Crippen molar-refractivity contribution in [1.29, 1.82) is 5.26 Å². The molecule has 35 heavy (non-hydrogen) atoms. The van der Waals surface area contributed by atoms with Gasteiger partial charge in [-0.3, -0.25) is 14.3 Å². The highest BCUT2D eigenvalue weighted by Crippen LogP contribution is 2.24. The molecule has 0 unspecified atom stereocenters. The molecule has 0 aliphatic carbocycles. The van der Waals surface area contributed by atoms with Gasteiger partial charge >= 0.3 is 5.97 Å². The highest BCUT2D eigenvalue weighted by Gasteiger charge is 2.22. The van der Waals surface area contributed by atoms with E-state index < -0.39 is 23.8 Å². The van der Waals surface area contributed by atoms with Crippen LogP contribution in [-0.2, 0) is 16.6 Å². The van der Waals surface area contributed by atoms with Crippen LogP contribution in [0.1, 0.15) is 52.5 Å². The average molecular weight is 496 g/mol. The van der Waals surface area contributed by atoms with Crippen LogP contribution in [0, 0.1) is 18.3 Å². The number of thiazole rings is 1. The van der Waals surface area contributed by atoms with Crippen molar-refractivity contribution >= 4 is 34.3 Å². The summed E-state index contributed by atoms with van der Waals surface area (Å²) in [6, 6.07) is 6.24. The number of nitriles is 1. The third kappa shape index (κ3) is 6.94. The van der Waals surface area contributed by atoms with Gasteiger partial charge in [-0.05, 0) is 32.9 Å². The standard InChI is InChI=1S/C23H25N7O4S/c1-13(2)34-22(33)20-14(3)26-23(35-20)29-19(31)10-16(8-9-24)27-21(32)18-7-5-6-17(28-18)15-11-25-30(4)12-15/h5-7,11-13,16H,8,10H2,1-4H3,(H,27,32)(H,26,29,31)/t16-/m0/s1. The number of esters is 1. The minimum Gasteiger partial charge on any atom is -0.459 e. The Morgan fingerprint density at radius 3 is 2.69 bits per heavy atom. The van der Waals surface area contributed by atoms with E-state index in [1.807, 2.05) is 6.07 Å². The van der Waals surface area contributed by atoms with Gasteiger partial charge in [0.2, 0.25) is 5.91 Å². The summed E-state index contributed by atoms with van der Waals surface area (Å²) < 4.78 is 6.81. The van der Waals surface area contributed by atoms with Crippen molar-refractivity contribution in [3.05, 3.63) is 46.9 Å². The van der Waals surface area contributed by atoms with E-state index in [4.69, 9.17) is 4.74 Å². The molecule has 0 saturated carbocycles. The Labute approximate surface area is 206 Å². The molecule has 0 aromatic carbocycles. The number of aryl methyl sites for hydroxylation is 2. The van der Waals surface area contributed by atoms with Gasteiger partial charge in [0.25, 0.3) is 5.91 Å². The zero-order valence-corrected chi connectivity index (χ0v) is 20.5. The Kier molecular flexibility index (Phi) is 8.27. The largest absolute Gasteiger partial charge is 0.459 e. The molecule has 12 heteroatoms. The number of anilines is 1. The Hall–Kier alpha value is -4.11. The van der Waals surface area contributed by atoms with E-state index in [-0.39, 0.29) is 29.8 Å². The molecule has 11 nitrogen and oxygen atoms in total. The van der Waals surface area contributed by atoms with Crippen LogP contribution in [0.4, 0.5) is 5.13 Å². The molecule has 0 aliphatic rings. The maximum atomic E-state index is 12.8. The molecule has 0 radical (unpaired) electrons. The summed E-state index contributed by atoms with van der Waals surface area (Å²) in [5.41, 5.74) is 1.92. The summed E-state index contributed by atoms with van der Waals surface area (Å²) in [6.45, 7) is 5.13. The zero-order chi connectivity index (χ0) is 25.5. The van der Waals surface area contributed by atoms with E-state index in [2.05, 4.69) is 25.7 Å². The van der Waals surface area contributed by atoms with Gasteiger partial charge < -0.3 is 15.4 Å². The lowest BCUT2D eigenvalue weighted by Crippen LogP contribution is -2.37. The molecule has 0 aliphatic heterocycles. The molecular weight excluding hydrogens is 470 g/mol. The first-order valence-corrected chi connectivity index (χ1v) is 11.6.